The van der Waals surface area contributed by atoms with Crippen LogP contribution in [-0.4, -0.2) is 144 Å². The minimum absolute atomic E-state index is 0.0500. The topological polar surface area (TPSA) is 239 Å². The molecule has 2 heterocycles. The predicted octanol–water partition coefficient (Wildman–Crippen LogP) is 2.71. The van der Waals surface area contributed by atoms with E-state index in [1.165, 1.54) is 37.8 Å². The third-order valence-electron chi connectivity index (χ3n) is 12.9. The largest absolute Gasteiger partial charge is 0.497 e. The van der Waals surface area contributed by atoms with Gasteiger partial charge in [0.25, 0.3) is 0 Å². The summed E-state index contributed by atoms with van der Waals surface area (Å²) in [6.45, 7) is 17.4. The molecule has 2 aliphatic rings. The van der Waals surface area contributed by atoms with Crippen molar-refractivity contribution in [3.63, 3.8) is 0 Å². The lowest BCUT2D eigenvalue weighted by Gasteiger charge is -2.35. The first kappa shape index (κ1) is 56.2. The molecule has 1 aromatic rings. The second-order valence-corrected chi connectivity index (χ2v) is 19.5. The number of likely N-dealkylation sites (N-methyl/N-ethyl adjacent to an activating group) is 2. The van der Waals surface area contributed by atoms with Crippen LogP contribution in [0.1, 0.15) is 113 Å². The maximum atomic E-state index is 14.7. The first-order valence-electron chi connectivity index (χ1n) is 23.9. The summed E-state index contributed by atoms with van der Waals surface area (Å²) in [6.07, 6.45) is -3.30. The van der Waals surface area contributed by atoms with E-state index in [0.29, 0.717) is 30.6 Å². The van der Waals surface area contributed by atoms with Gasteiger partial charge in [0.05, 0.1) is 37.6 Å². The molecule has 0 aromatic heterocycles. The Kier molecular flexibility index (Phi) is 21.7. The quantitative estimate of drug-likeness (QED) is 0.142. The summed E-state index contributed by atoms with van der Waals surface area (Å²) in [5.41, 5.74) is 0.631. The number of fused-ring (bicyclic) bond motifs is 1. The van der Waals surface area contributed by atoms with Crippen molar-refractivity contribution in [2.24, 2.45) is 29.6 Å². The Morgan fingerprint density at radius 2 is 1.55 bits per heavy atom. The lowest BCUT2D eigenvalue weighted by molar-refractivity contribution is -0.163. The van der Waals surface area contributed by atoms with Gasteiger partial charge < -0.3 is 50.4 Å². The molecule has 11 atom stereocenters. The van der Waals surface area contributed by atoms with Crippen LogP contribution in [0.15, 0.2) is 24.3 Å². The number of amides is 5. The molecule has 0 radical (unpaired) electrons. The zero-order valence-corrected chi connectivity index (χ0v) is 41.9. The maximum absolute atomic E-state index is 14.7. The average Bonchev–Trinajstić information content (AvgIpc) is 3.77. The van der Waals surface area contributed by atoms with Gasteiger partial charge in [-0.2, -0.15) is 0 Å². The van der Waals surface area contributed by atoms with Gasteiger partial charge in [-0.15, -0.1) is 0 Å². The summed E-state index contributed by atoms with van der Waals surface area (Å²) in [5.74, 6) is -7.71. The van der Waals surface area contributed by atoms with E-state index in [9.17, 15) is 43.5 Å². The van der Waals surface area contributed by atoms with E-state index in [1.807, 2.05) is 34.6 Å². The highest BCUT2D eigenvalue weighted by atomic mass is 16.6. The van der Waals surface area contributed by atoms with Crippen molar-refractivity contribution in [3.8, 4) is 5.75 Å². The van der Waals surface area contributed by atoms with E-state index in [1.54, 1.807) is 52.1 Å². The highest BCUT2D eigenvalue weighted by Crippen LogP contribution is 2.26. The van der Waals surface area contributed by atoms with Crippen molar-refractivity contribution in [1.82, 2.24) is 31.1 Å². The van der Waals surface area contributed by atoms with Crippen molar-refractivity contribution in [3.05, 3.63) is 29.8 Å². The Balaban J connectivity index is 2.23. The highest BCUT2D eigenvalue weighted by Gasteiger charge is 2.44. The molecule has 376 valence electrons. The predicted molar refractivity (Wildman–Crippen MR) is 250 cm³/mol. The number of rotatable bonds is 13. The summed E-state index contributed by atoms with van der Waals surface area (Å²) in [4.78, 5) is 116. The molecule has 5 amide bonds. The summed E-state index contributed by atoms with van der Waals surface area (Å²) < 4.78 is 17.1. The molecule has 18 heteroatoms. The number of ether oxygens (including phenoxy) is 3. The number of aliphatic hydroxyl groups is 1. The third-order valence-corrected chi connectivity index (χ3v) is 12.9. The zero-order valence-electron chi connectivity index (χ0n) is 41.9. The standard InChI is InChI=1S/C49H78N6O12/c1-14-29(8)40-38(56)25-39(57)67-43(28(6)7)42(58)30(9)44(59)51-35(23-27(4)5)47(62)55-21-15-16-36(55)48(63)54(12)37(24-32-17-19-33(65-13)20-18-32)49(64)66-31(10)41(46(61)52-40)53-45(60)34(50-11)22-26(2)3/h17-20,26-31,34-38,40-41,43,50,56H,14-16,21-25H2,1-13H3,(H,51,59)(H,52,61)(H,53,60)/t29-,30-,31+,34+,35-,36-,37-,38-,40+,41-,43+/m0/s1. The molecule has 18 nitrogen and oxygen atoms in total. The molecular formula is C49H78N6O12. The fourth-order valence-electron chi connectivity index (χ4n) is 8.55. The van der Waals surface area contributed by atoms with Gasteiger partial charge in [-0.05, 0) is 87.9 Å². The lowest BCUT2D eigenvalue weighted by Crippen LogP contribution is -2.61. The molecule has 2 fully saturated rings. The number of aliphatic hydroxyl groups excluding tert-OH is 1. The van der Waals surface area contributed by atoms with E-state index in [-0.39, 0.29) is 37.6 Å². The van der Waals surface area contributed by atoms with Crippen LogP contribution in [0.5, 0.6) is 5.75 Å². The number of nitrogens with zero attached hydrogens (tertiary/aromatic N) is 2. The summed E-state index contributed by atoms with van der Waals surface area (Å²) in [7, 11) is 4.56. The van der Waals surface area contributed by atoms with Crippen LogP contribution >= 0.6 is 0 Å². The van der Waals surface area contributed by atoms with E-state index in [0.717, 1.165) is 0 Å². The Bertz CT molecular complexity index is 1870. The van der Waals surface area contributed by atoms with Crippen LogP contribution in [0.3, 0.4) is 0 Å². The van der Waals surface area contributed by atoms with Crippen molar-refractivity contribution in [2.75, 3.05) is 27.7 Å². The normalized spacial score (nSPS) is 27.8. The number of hydrogen-bond acceptors (Lipinski definition) is 13. The first-order chi connectivity index (χ1) is 31.4. The molecule has 0 bridgehead atoms. The number of ketones is 1. The van der Waals surface area contributed by atoms with E-state index in [4.69, 9.17) is 14.2 Å². The van der Waals surface area contributed by atoms with Crippen molar-refractivity contribution in [1.29, 1.82) is 0 Å². The van der Waals surface area contributed by atoms with E-state index in [2.05, 4.69) is 21.3 Å². The van der Waals surface area contributed by atoms with Crippen LogP contribution in [0.25, 0.3) is 0 Å². The van der Waals surface area contributed by atoms with Gasteiger partial charge in [0, 0.05) is 20.0 Å². The molecule has 5 N–H and O–H groups in total. The lowest BCUT2D eigenvalue weighted by atomic mass is 9.91. The molecule has 67 heavy (non-hydrogen) atoms. The fourth-order valence-corrected chi connectivity index (χ4v) is 8.55. The highest BCUT2D eigenvalue weighted by molar-refractivity contribution is 6.05. The smallest absolute Gasteiger partial charge is 0.329 e. The van der Waals surface area contributed by atoms with Gasteiger partial charge in [0.1, 0.15) is 36.0 Å². The second-order valence-electron chi connectivity index (χ2n) is 19.5. The molecule has 2 saturated heterocycles. The van der Waals surface area contributed by atoms with Crippen molar-refractivity contribution >= 4 is 47.3 Å². The Labute approximate surface area is 396 Å². The Hall–Kier alpha value is -5.10. The summed E-state index contributed by atoms with van der Waals surface area (Å²) >= 11 is 0. The maximum Gasteiger partial charge on any atom is 0.329 e. The number of methoxy groups -OCH3 is 1. The van der Waals surface area contributed by atoms with Gasteiger partial charge in [0.2, 0.25) is 29.5 Å². The fraction of sp³-hybridized carbons (Fsp3) is 0.714. The number of benzene rings is 1. The van der Waals surface area contributed by atoms with Crippen LogP contribution in [0.4, 0.5) is 0 Å². The van der Waals surface area contributed by atoms with Crippen LogP contribution in [0.2, 0.25) is 0 Å². The first-order valence-corrected chi connectivity index (χ1v) is 23.9. The Morgan fingerprint density at radius 3 is 2.10 bits per heavy atom. The molecule has 0 aliphatic carbocycles. The van der Waals surface area contributed by atoms with Gasteiger partial charge in [-0.1, -0.05) is 73.9 Å². The minimum Gasteiger partial charge on any atom is -0.497 e. The molecule has 2 aliphatic heterocycles. The van der Waals surface area contributed by atoms with E-state index >= 15 is 0 Å². The molecular weight excluding hydrogens is 865 g/mol. The monoisotopic (exact) mass is 943 g/mol. The van der Waals surface area contributed by atoms with Gasteiger partial charge in [0.15, 0.2) is 11.9 Å². The second kappa shape index (κ2) is 25.9. The molecule has 0 saturated carbocycles. The van der Waals surface area contributed by atoms with Crippen LogP contribution < -0.4 is 26.0 Å². The number of Topliss-reactive ketones (excluding diaryl/α,β-unsaturated/α-hetero) is 1. The van der Waals surface area contributed by atoms with Gasteiger partial charge in [-0.3, -0.25) is 33.6 Å². The van der Waals surface area contributed by atoms with Gasteiger partial charge in [-0.25, -0.2) is 4.79 Å². The molecule has 0 unspecified atom stereocenters. The number of carbonyl (C=O) groups is 8. The van der Waals surface area contributed by atoms with Crippen molar-refractivity contribution in [2.45, 2.75) is 169 Å². The number of carbonyl (C=O) groups excluding carboxylic acids is 8. The van der Waals surface area contributed by atoms with E-state index < -0.39 is 126 Å². The summed E-state index contributed by atoms with van der Waals surface area (Å²) in [5, 5.41) is 22.9. The molecule has 1 aromatic carbocycles. The Morgan fingerprint density at radius 1 is 0.910 bits per heavy atom. The van der Waals surface area contributed by atoms with Crippen LogP contribution in [0, 0.1) is 29.6 Å². The minimum atomic E-state index is -1.55. The average molecular weight is 943 g/mol. The molecule has 0 spiro atoms. The number of nitrogens with one attached hydrogen (secondary N) is 4. The number of cyclic esters (lactones) is 2. The third kappa shape index (κ3) is 15.5. The number of esters is 2. The molecule has 3 rings (SSSR count). The number of hydrogen-bond donors (Lipinski definition) is 5. The zero-order chi connectivity index (χ0) is 50.4. The summed E-state index contributed by atoms with van der Waals surface area (Å²) in [6, 6.07) is 0.0322. The van der Waals surface area contributed by atoms with Crippen LogP contribution in [-0.2, 0) is 54.3 Å². The van der Waals surface area contributed by atoms with Crippen molar-refractivity contribution < 1.29 is 57.7 Å². The van der Waals surface area contributed by atoms with Gasteiger partial charge >= 0.3 is 11.9 Å². The SMILES string of the molecule is CC[C@H](C)[C@H]1NC(=O)[C@@H](NC(=O)[C@@H](CC(C)C)NC)[C@@H](C)OC(=O)[C@H](Cc2ccc(OC)cc2)N(C)C(=O)[C@@H]2CCCN2C(=O)[C@H](CC(C)C)NC(=O)[C@@H](C)C(=O)[C@@H](C(C)C)OC(=O)C[C@@H]1O.